The van der Waals surface area contributed by atoms with Gasteiger partial charge in [0.15, 0.2) is 0 Å². The van der Waals surface area contributed by atoms with Crippen molar-refractivity contribution in [2.45, 2.75) is 39.2 Å². The maximum absolute atomic E-state index is 12.7. The molecule has 3 heterocycles. The Bertz CT molecular complexity index is 825. The van der Waals surface area contributed by atoms with Gasteiger partial charge in [0, 0.05) is 4.88 Å². The lowest BCUT2D eigenvalue weighted by Gasteiger charge is -2.14. The van der Waals surface area contributed by atoms with Gasteiger partial charge >= 0.3 is 0 Å². The Labute approximate surface area is 125 Å². The first-order chi connectivity index (χ1) is 9.88. The molecule has 0 aliphatic heterocycles. The number of fused-ring (bicyclic) bond motifs is 1. The summed E-state index contributed by atoms with van der Waals surface area (Å²) in [5.41, 5.74) is 0.736. The zero-order valence-corrected chi connectivity index (χ0v) is 13.2. The fraction of sp³-hybridized carbons (Fsp3) is 0.429. The van der Waals surface area contributed by atoms with Crippen molar-refractivity contribution in [3.8, 4) is 0 Å². The summed E-state index contributed by atoms with van der Waals surface area (Å²) in [5.74, 6) is 0.644. The van der Waals surface area contributed by atoms with Crippen LogP contribution in [-0.4, -0.2) is 24.7 Å². The zero-order valence-electron chi connectivity index (χ0n) is 12.4. The molecule has 0 radical (unpaired) electrons. The van der Waals surface area contributed by atoms with E-state index in [4.69, 9.17) is 0 Å². The van der Waals surface area contributed by atoms with Crippen LogP contribution in [0.3, 0.4) is 0 Å². The predicted octanol–water partition coefficient (Wildman–Crippen LogP) is 2.48. The standard InChI is InChI=1S/C14H17N5OS/c1-8(12-15-6-17-18-12)19-7-16-9-5-10(14(2,3)4)21-11(9)13(19)20/h5-8H,1-4H3,(H,15,17,18). The lowest BCUT2D eigenvalue weighted by atomic mass is 9.95. The van der Waals surface area contributed by atoms with Gasteiger partial charge in [0.05, 0.1) is 17.9 Å². The van der Waals surface area contributed by atoms with Crippen LogP contribution in [0.4, 0.5) is 0 Å². The number of hydrogen-bond acceptors (Lipinski definition) is 5. The number of aromatic nitrogens is 5. The molecule has 0 aliphatic rings. The monoisotopic (exact) mass is 303 g/mol. The van der Waals surface area contributed by atoms with Crippen molar-refractivity contribution < 1.29 is 0 Å². The molecule has 0 amide bonds. The largest absolute Gasteiger partial charge is 0.287 e. The molecule has 0 bridgehead atoms. The summed E-state index contributed by atoms with van der Waals surface area (Å²) in [6, 6.07) is 1.78. The van der Waals surface area contributed by atoms with Crippen LogP contribution in [0.25, 0.3) is 10.2 Å². The van der Waals surface area contributed by atoms with Crippen molar-refractivity contribution in [3.63, 3.8) is 0 Å². The second kappa shape index (κ2) is 4.77. The zero-order chi connectivity index (χ0) is 15.2. The van der Waals surface area contributed by atoms with E-state index in [2.05, 4.69) is 40.9 Å². The normalized spacial score (nSPS) is 13.7. The molecule has 1 unspecified atom stereocenters. The molecule has 3 aromatic rings. The van der Waals surface area contributed by atoms with Gasteiger partial charge in [-0.1, -0.05) is 20.8 Å². The molecular weight excluding hydrogens is 286 g/mol. The van der Waals surface area contributed by atoms with Gasteiger partial charge in [0.25, 0.3) is 5.56 Å². The molecule has 6 nitrogen and oxygen atoms in total. The first-order valence-electron chi connectivity index (χ1n) is 6.74. The van der Waals surface area contributed by atoms with Gasteiger partial charge < -0.3 is 0 Å². The van der Waals surface area contributed by atoms with E-state index in [-0.39, 0.29) is 17.0 Å². The minimum Gasteiger partial charge on any atom is -0.287 e. The highest BCUT2D eigenvalue weighted by atomic mass is 32.1. The SMILES string of the molecule is CC(c1ncn[nH]1)n1cnc2cc(C(C)(C)C)sc2c1=O. The third kappa shape index (κ3) is 2.37. The Balaban J connectivity index is 2.14. The second-order valence-electron chi connectivity index (χ2n) is 6.08. The van der Waals surface area contributed by atoms with Gasteiger partial charge in [-0.05, 0) is 18.4 Å². The van der Waals surface area contributed by atoms with Crippen molar-refractivity contribution in [2.75, 3.05) is 0 Å². The fourth-order valence-electron chi connectivity index (χ4n) is 2.12. The first-order valence-corrected chi connectivity index (χ1v) is 7.56. The van der Waals surface area contributed by atoms with Gasteiger partial charge in [-0.25, -0.2) is 9.97 Å². The van der Waals surface area contributed by atoms with Crippen LogP contribution in [0.2, 0.25) is 0 Å². The third-order valence-corrected chi connectivity index (χ3v) is 4.99. The number of nitrogens with one attached hydrogen (secondary N) is 1. The van der Waals surface area contributed by atoms with E-state index < -0.39 is 0 Å². The maximum atomic E-state index is 12.7. The Kier molecular flexibility index (Phi) is 3.16. The molecule has 0 saturated carbocycles. The number of thiophene rings is 1. The summed E-state index contributed by atoms with van der Waals surface area (Å²) in [6.45, 7) is 8.29. The Hall–Kier alpha value is -2.02. The molecule has 0 fully saturated rings. The summed E-state index contributed by atoms with van der Waals surface area (Å²) >= 11 is 1.52. The van der Waals surface area contributed by atoms with Gasteiger partial charge in [0.1, 0.15) is 16.9 Å². The first kappa shape index (κ1) is 13.9. The van der Waals surface area contributed by atoms with Crippen molar-refractivity contribution in [3.05, 3.63) is 39.8 Å². The number of rotatable bonds is 2. The van der Waals surface area contributed by atoms with E-state index in [0.717, 1.165) is 10.4 Å². The van der Waals surface area contributed by atoms with Gasteiger partial charge in [-0.15, -0.1) is 11.3 Å². The minimum absolute atomic E-state index is 0.0131. The molecule has 21 heavy (non-hydrogen) atoms. The van der Waals surface area contributed by atoms with Crippen molar-refractivity contribution in [2.24, 2.45) is 0 Å². The summed E-state index contributed by atoms with van der Waals surface area (Å²) in [6.07, 6.45) is 3.02. The molecule has 110 valence electrons. The van der Waals surface area contributed by atoms with Gasteiger partial charge in [0.2, 0.25) is 0 Å². The van der Waals surface area contributed by atoms with Crippen molar-refractivity contribution in [1.29, 1.82) is 0 Å². The van der Waals surface area contributed by atoms with E-state index in [1.165, 1.54) is 17.7 Å². The van der Waals surface area contributed by atoms with Crippen LogP contribution in [-0.2, 0) is 5.41 Å². The van der Waals surface area contributed by atoms with Crippen molar-refractivity contribution >= 4 is 21.6 Å². The van der Waals surface area contributed by atoms with E-state index in [0.29, 0.717) is 10.5 Å². The lowest BCUT2D eigenvalue weighted by molar-refractivity contribution is 0.577. The molecule has 0 aromatic carbocycles. The second-order valence-corrected chi connectivity index (χ2v) is 7.13. The maximum Gasteiger partial charge on any atom is 0.271 e. The highest BCUT2D eigenvalue weighted by Crippen LogP contribution is 2.31. The van der Waals surface area contributed by atoms with E-state index >= 15 is 0 Å². The molecule has 0 saturated heterocycles. The van der Waals surface area contributed by atoms with Crippen LogP contribution in [0.5, 0.6) is 0 Å². The lowest BCUT2D eigenvalue weighted by Crippen LogP contribution is -2.24. The van der Waals surface area contributed by atoms with Crippen LogP contribution in [0.1, 0.15) is 44.4 Å². The summed E-state index contributed by atoms with van der Waals surface area (Å²) in [4.78, 5) is 22.4. The topological polar surface area (TPSA) is 76.5 Å². The van der Waals surface area contributed by atoms with Crippen LogP contribution in [0, 0.1) is 0 Å². The molecule has 1 atom stereocenters. The van der Waals surface area contributed by atoms with Gasteiger partial charge in [-0.3, -0.25) is 14.5 Å². The van der Waals surface area contributed by atoms with Crippen LogP contribution >= 0.6 is 11.3 Å². The number of hydrogen-bond donors (Lipinski definition) is 1. The molecule has 3 rings (SSSR count). The molecule has 3 aromatic heterocycles. The Morgan fingerprint density at radius 3 is 2.71 bits per heavy atom. The summed E-state index contributed by atoms with van der Waals surface area (Å²) in [5, 5.41) is 6.62. The smallest absolute Gasteiger partial charge is 0.271 e. The average molecular weight is 303 g/mol. The van der Waals surface area contributed by atoms with E-state index in [1.807, 2.05) is 13.0 Å². The molecule has 7 heteroatoms. The minimum atomic E-state index is -0.225. The number of nitrogens with zero attached hydrogens (tertiary/aromatic N) is 4. The molecule has 1 N–H and O–H groups in total. The summed E-state index contributed by atoms with van der Waals surface area (Å²) < 4.78 is 2.28. The van der Waals surface area contributed by atoms with Crippen molar-refractivity contribution in [1.82, 2.24) is 24.7 Å². The third-order valence-electron chi connectivity index (χ3n) is 3.45. The Morgan fingerprint density at radius 2 is 2.10 bits per heavy atom. The highest BCUT2D eigenvalue weighted by Gasteiger charge is 2.20. The van der Waals surface area contributed by atoms with E-state index in [9.17, 15) is 4.79 Å². The Morgan fingerprint density at radius 1 is 1.33 bits per heavy atom. The summed E-state index contributed by atoms with van der Waals surface area (Å²) in [7, 11) is 0. The highest BCUT2D eigenvalue weighted by molar-refractivity contribution is 7.19. The quantitative estimate of drug-likeness (QED) is 0.789. The predicted molar refractivity (Wildman–Crippen MR) is 82.8 cm³/mol. The van der Waals surface area contributed by atoms with E-state index in [1.54, 1.807) is 10.9 Å². The fourth-order valence-corrected chi connectivity index (χ4v) is 3.22. The number of H-pyrrole nitrogens is 1. The van der Waals surface area contributed by atoms with Crippen LogP contribution in [0.15, 0.2) is 23.5 Å². The molecular formula is C14H17N5OS. The molecule has 0 spiro atoms. The van der Waals surface area contributed by atoms with Gasteiger partial charge in [-0.2, -0.15) is 5.10 Å². The average Bonchev–Trinajstić information content (AvgIpc) is 3.07. The number of aromatic amines is 1. The van der Waals surface area contributed by atoms with Crippen LogP contribution < -0.4 is 5.56 Å². The molecule has 0 aliphatic carbocycles.